The van der Waals surface area contributed by atoms with Gasteiger partial charge in [0.2, 0.25) is 5.91 Å². The van der Waals surface area contributed by atoms with Crippen molar-refractivity contribution in [2.24, 2.45) is 0 Å². The van der Waals surface area contributed by atoms with Crippen LogP contribution in [-0.2, 0) is 20.8 Å². The number of carbonyl (C=O) groups is 3. The van der Waals surface area contributed by atoms with E-state index in [1.807, 2.05) is 30.3 Å². The number of carboxylic acids is 2. The third-order valence-corrected chi connectivity index (χ3v) is 6.05. The molecule has 1 amide bonds. The van der Waals surface area contributed by atoms with Crippen molar-refractivity contribution in [1.29, 1.82) is 0 Å². The molecule has 3 unspecified atom stereocenters. The molecule has 160 valence electrons. The molecule has 3 atom stereocenters. The van der Waals surface area contributed by atoms with Crippen molar-refractivity contribution in [2.75, 3.05) is 18.1 Å². The van der Waals surface area contributed by atoms with Crippen LogP contribution in [0.15, 0.2) is 42.7 Å². The zero-order valence-electron chi connectivity index (χ0n) is 16.2. The molecule has 1 fully saturated rings. The second-order valence-corrected chi connectivity index (χ2v) is 8.08. The summed E-state index contributed by atoms with van der Waals surface area (Å²) in [4.78, 5) is 44.8. The minimum atomic E-state index is -1.11. The normalized spacial score (nSPS) is 20.5. The Morgan fingerprint density at radius 3 is 2.67 bits per heavy atom. The lowest BCUT2D eigenvalue weighted by molar-refractivity contribution is -0.147. The molecule has 0 bridgehead atoms. The van der Waals surface area contributed by atoms with Gasteiger partial charge in [0.05, 0.1) is 12.1 Å². The number of hydrogen-bond donors (Lipinski definition) is 4. The van der Waals surface area contributed by atoms with Gasteiger partial charge in [0.25, 0.3) is 0 Å². The van der Waals surface area contributed by atoms with Gasteiger partial charge in [0.15, 0.2) is 0 Å². The molecule has 30 heavy (non-hydrogen) atoms. The van der Waals surface area contributed by atoms with E-state index >= 15 is 0 Å². The zero-order chi connectivity index (χ0) is 21.5. The zero-order valence-corrected chi connectivity index (χ0v) is 17.0. The predicted molar refractivity (Wildman–Crippen MR) is 111 cm³/mol. The second-order valence-electron chi connectivity index (χ2n) is 7.01. The van der Waals surface area contributed by atoms with Crippen LogP contribution in [0.3, 0.4) is 0 Å². The summed E-state index contributed by atoms with van der Waals surface area (Å²) in [5, 5.41) is 21.9. The average Bonchev–Trinajstić information content (AvgIpc) is 3.19. The Kier molecular flexibility index (Phi) is 7.47. The van der Waals surface area contributed by atoms with Gasteiger partial charge in [-0.3, -0.25) is 19.7 Å². The van der Waals surface area contributed by atoms with Crippen molar-refractivity contribution >= 4 is 29.6 Å². The molecule has 2 aromatic rings. The van der Waals surface area contributed by atoms with Crippen LogP contribution in [0.25, 0.3) is 0 Å². The summed E-state index contributed by atoms with van der Waals surface area (Å²) in [6.45, 7) is -0.443. The fourth-order valence-electron chi connectivity index (χ4n) is 3.45. The highest BCUT2D eigenvalue weighted by Gasteiger charge is 2.37. The van der Waals surface area contributed by atoms with Crippen molar-refractivity contribution in [2.45, 2.75) is 31.0 Å². The number of carbonyl (C=O) groups excluding carboxylic acids is 1. The van der Waals surface area contributed by atoms with Crippen molar-refractivity contribution in [3.63, 3.8) is 0 Å². The van der Waals surface area contributed by atoms with Gasteiger partial charge in [-0.15, -0.1) is 0 Å². The van der Waals surface area contributed by atoms with Crippen molar-refractivity contribution in [3.05, 3.63) is 54.1 Å². The largest absolute Gasteiger partial charge is 0.480 e. The fourth-order valence-corrected chi connectivity index (χ4v) is 4.66. The minimum absolute atomic E-state index is 0.248. The molecule has 0 aliphatic carbocycles. The second kappa shape index (κ2) is 10.3. The molecule has 0 spiro atoms. The SMILES string of the molecule is O=C(O)CN1C(=O)C(NC(CCc2ncc[nH]2)C(=O)O)CSCC1c1ccccc1. The smallest absolute Gasteiger partial charge is 0.323 e. The van der Waals surface area contributed by atoms with Gasteiger partial charge in [-0.25, -0.2) is 4.98 Å². The number of hydrogen-bond acceptors (Lipinski definition) is 6. The number of benzene rings is 1. The predicted octanol–water partition coefficient (Wildman–Crippen LogP) is 1.16. The van der Waals surface area contributed by atoms with Crippen LogP contribution in [0.4, 0.5) is 0 Å². The average molecular weight is 433 g/mol. The highest BCUT2D eigenvalue weighted by atomic mass is 32.2. The van der Waals surface area contributed by atoms with Crippen LogP contribution in [0.1, 0.15) is 23.9 Å². The molecular weight excluding hydrogens is 408 g/mol. The van der Waals surface area contributed by atoms with E-state index in [0.29, 0.717) is 23.8 Å². The van der Waals surface area contributed by atoms with Crippen LogP contribution < -0.4 is 5.32 Å². The maximum Gasteiger partial charge on any atom is 0.323 e. The van der Waals surface area contributed by atoms with E-state index in [-0.39, 0.29) is 6.42 Å². The number of nitrogens with one attached hydrogen (secondary N) is 2. The Bertz CT molecular complexity index is 861. The Hall–Kier alpha value is -2.85. The molecule has 10 heteroatoms. The number of amides is 1. The fraction of sp³-hybridized carbons (Fsp3) is 0.400. The molecule has 1 aliphatic rings. The lowest BCUT2D eigenvalue weighted by Crippen LogP contribution is -2.53. The van der Waals surface area contributed by atoms with E-state index < -0.39 is 42.5 Å². The molecule has 1 aromatic carbocycles. The monoisotopic (exact) mass is 432 g/mol. The van der Waals surface area contributed by atoms with Gasteiger partial charge in [-0.2, -0.15) is 11.8 Å². The van der Waals surface area contributed by atoms with Crippen molar-refractivity contribution < 1.29 is 24.6 Å². The van der Waals surface area contributed by atoms with Crippen molar-refractivity contribution in [1.82, 2.24) is 20.2 Å². The van der Waals surface area contributed by atoms with E-state index in [1.54, 1.807) is 12.4 Å². The third kappa shape index (κ3) is 5.61. The number of aromatic amines is 1. The number of H-pyrrole nitrogens is 1. The maximum atomic E-state index is 13.2. The van der Waals surface area contributed by atoms with Gasteiger partial charge in [-0.1, -0.05) is 30.3 Å². The summed E-state index contributed by atoms with van der Waals surface area (Å²) in [6.07, 6.45) is 3.92. The topological polar surface area (TPSA) is 136 Å². The van der Waals surface area contributed by atoms with Crippen LogP contribution >= 0.6 is 11.8 Å². The number of carboxylic acid groups (broad SMARTS) is 2. The Morgan fingerprint density at radius 1 is 1.27 bits per heavy atom. The van der Waals surface area contributed by atoms with E-state index in [9.17, 15) is 24.6 Å². The summed E-state index contributed by atoms with van der Waals surface area (Å²) in [7, 11) is 0. The standard InChI is InChI=1S/C20H24N4O5S/c25-18(26)10-24-16(13-4-2-1-3-5-13)12-30-11-15(19(24)27)23-14(20(28)29)6-7-17-21-8-9-22-17/h1-5,8-9,14-16,23H,6-7,10-12H2,(H,21,22)(H,25,26)(H,28,29). The Balaban J connectivity index is 1.76. The van der Waals surface area contributed by atoms with Crippen LogP contribution in [0, 0.1) is 0 Å². The summed E-state index contributed by atoms with van der Waals surface area (Å²) < 4.78 is 0. The number of rotatable bonds is 9. The maximum absolute atomic E-state index is 13.2. The number of thioether (sulfide) groups is 1. The molecule has 9 nitrogen and oxygen atoms in total. The first-order valence-corrected chi connectivity index (χ1v) is 10.7. The van der Waals surface area contributed by atoms with Crippen molar-refractivity contribution in [3.8, 4) is 0 Å². The highest BCUT2D eigenvalue weighted by molar-refractivity contribution is 7.99. The van der Waals surface area contributed by atoms with Gasteiger partial charge in [0.1, 0.15) is 18.4 Å². The third-order valence-electron chi connectivity index (χ3n) is 4.93. The molecule has 0 saturated carbocycles. The van der Waals surface area contributed by atoms with Gasteiger partial charge in [0, 0.05) is 30.3 Å². The van der Waals surface area contributed by atoms with Gasteiger partial charge < -0.3 is 20.1 Å². The molecular formula is C20H24N4O5S. The summed E-state index contributed by atoms with van der Waals surface area (Å²) >= 11 is 1.50. The summed E-state index contributed by atoms with van der Waals surface area (Å²) in [5.41, 5.74) is 0.854. The molecule has 0 radical (unpaired) electrons. The Morgan fingerprint density at radius 2 is 2.03 bits per heavy atom. The molecule has 1 aromatic heterocycles. The van der Waals surface area contributed by atoms with E-state index in [1.165, 1.54) is 16.7 Å². The van der Waals surface area contributed by atoms with Crippen LogP contribution in [-0.4, -0.2) is 73.1 Å². The number of nitrogens with zero attached hydrogens (tertiary/aromatic N) is 2. The molecule has 3 rings (SSSR count). The molecule has 1 saturated heterocycles. The van der Waals surface area contributed by atoms with Gasteiger partial charge in [-0.05, 0) is 12.0 Å². The highest BCUT2D eigenvalue weighted by Crippen LogP contribution is 2.29. The van der Waals surface area contributed by atoms with E-state index in [4.69, 9.17) is 0 Å². The first-order chi connectivity index (χ1) is 14.5. The molecule has 1 aliphatic heterocycles. The number of aliphatic carboxylic acids is 2. The van der Waals surface area contributed by atoms with Gasteiger partial charge >= 0.3 is 11.9 Å². The Labute approximate surface area is 177 Å². The molecule has 4 N–H and O–H groups in total. The molecule has 2 heterocycles. The lowest BCUT2D eigenvalue weighted by atomic mass is 10.1. The number of imidazole rings is 1. The lowest BCUT2D eigenvalue weighted by Gasteiger charge is -2.31. The first kappa shape index (κ1) is 21.8. The van der Waals surface area contributed by atoms with E-state index in [0.717, 1.165) is 5.56 Å². The quantitative estimate of drug-likeness (QED) is 0.463. The summed E-state index contributed by atoms with van der Waals surface area (Å²) in [6, 6.07) is 7.15. The van der Waals surface area contributed by atoms with Crippen LogP contribution in [0.2, 0.25) is 0 Å². The summed E-state index contributed by atoms with van der Waals surface area (Å²) in [5.74, 6) is -1.01. The minimum Gasteiger partial charge on any atom is -0.480 e. The van der Waals surface area contributed by atoms with Crippen LogP contribution in [0.5, 0.6) is 0 Å². The first-order valence-electron chi connectivity index (χ1n) is 9.57. The van der Waals surface area contributed by atoms with E-state index in [2.05, 4.69) is 15.3 Å². The number of aromatic nitrogens is 2. The number of aryl methyl sites for hydroxylation is 1.